The number of aromatic nitrogens is 1. The predicted molar refractivity (Wildman–Crippen MR) is 72.9 cm³/mol. The maximum Gasteiger partial charge on any atom is 0.305 e. The summed E-state index contributed by atoms with van der Waals surface area (Å²) in [5.74, 6) is -0.810. The van der Waals surface area contributed by atoms with E-state index in [1.165, 1.54) is 11.3 Å². The lowest BCUT2D eigenvalue weighted by atomic mass is 10.2. The highest BCUT2D eigenvalue weighted by Crippen LogP contribution is 2.25. The fourth-order valence-corrected chi connectivity index (χ4v) is 2.44. The molecule has 1 aromatic carbocycles. The van der Waals surface area contributed by atoms with Gasteiger partial charge in [-0.15, -0.1) is 11.3 Å². The van der Waals surface area contributed by atoms with Crippen LogP contribution in [0.25, 0.3) is 11.3 Å². The molecule has 0 amide bonds. The molecule has 0 fully saturated rings. The average molecular weight is 262 g/mol. The van der Waals surface area contributed by atoms with Gasteiger partial charge in [0, 0.05) is 17.0 Å². The zero-order chi connectivity index (χ0) is 13.0. The molecule has 0 aliphatic rings. The van der Waals surface area contributed by atoms with Crippen LogP contribution in [0.5, 0.6) is 0 Å². The highest BCUT2D eigenvalue weighted by Gasteiger charge is 2.10. The Morgan fingerprint density at radius 2 is 2.17 bits per heavy atom. The number of aliphatic carboxylic acids is 1. The van der Waals surface area contributed by atoms with E-state index in [9.17, 15) is 4.79 Å². The van der Waals surface area contributed by atoms with E-state index in [1.54, 1.807) is 0 Å². The molecule has 0 aliphatic heterocycles. The van der Waals surface area contributed by atoms with Crippen molar-refractivity contribution in [2.24, 2.45) is 0 Å². The minimum absolute atomic E-state index is 0.0836. The third-order valence-electron chi connectivity index (χ3n) is 2.42. The van der Waals surface area contributed by atoms with Gasteiger partial charge in [0.1, 0.15) is 0 Å². The van der Waals surface area contributed by atoms with Gasteiger partial charge in [-0.3, -0.25) is 4.79 Å². The number of hydrogen-bond donors (Lipinski definition) is 2. The van der Waals surface area contributed by atoms with Crippen molar-refractivity contribution in [3.8, 4) is 11.3 Å². The molecule has 0 spiro atoms. The number of hydrogen-bond acceptors (Lipinski definition) is 4. The summed E-state index contributed by atoms with van der Waals surface area (Å²) in [6.07, 6.45) is 0.0836. The van der Waals surface area contributed by atoms with Gasteiger partial charge in [-0.2, -0.15) is 0 Å². The Bertz CT molecular complexity index is 525. The maximum atomic E-state index is 10.6. The van der Waals surface area contributed by atoms with Gasteiger partial charge in [0.25, 0.3) is 0 Å². The molecule has 1 atom stereocenters. The van der Waals surface area contributed by atoms with E-state index < -0.39 is 5.97 Å². The fourth-order valence-electron chi connectivity index (χ4n) is 1.61. The summed E-state index contributed by atoms with van der Waals surface area (Å²) >= 11 is 1.48. The topological polar surface area (TPSA) is 62.2 Å². The Hall–Kier alpha value is -1.88. The lowest BCUT2D eigenvalue weighted by Gasteiger charge is -2.09. The molecule has 5 heteroatoms. The van der Waals surface area contributed by atoms with Crippen molar-refractivity contribution in [3.05, 3.63) is 35.7 Å². The van der Waals surface area contributed by atoms with E-state index in [0.717, 1.165) is 16.4 Å². The third-order valence-corrected chi connectivity index (χ3v) is 3.20. The van der Waals surface area contributed by atoms with Crippen molar-refractivity contribution in [1.82, 2.24) is 4.98 Å². The van der Waals surface area contributed by atoms with E-state index in [4.69, 9.17) is 5.11 Å². The number of rotatable bonds is 5. The largest absolute Gasteiger partial charge is 0.481 e. The standard InChI is InChI=1S/C13H14N2O2S/c1-9(7-12(16)17)14-13-15-11(8-18-13)10-5-3-2-4-6-10/h2-6,8-9H,7H2,1H3,(H,14,15)(H,16,17). The summed E-state index contributed by atoms with van der Waals surface area (Å²) in [6.45, 7) is 1.83. The molecule has 0 saturated heterocycles. The quantitative estimate of drug-likeness (QED) is 0.869. The third kappa shape index (κ3) is 3.30. The Kier molecular flexibility index (Phi) is 3.94. The Morgan fingerprint density at radius 3 is 2.83 bits per heavy atom. The molecular weight excluding hydrogens is 248 g/mol. The Balaban J connectivity index is 2.05. The van der Waals surface area contributed by atoms with Crippen LogP contribution in [0.1, 0.15) is 13.3 Å². The fraction of sp³-hybridized carbons (Fsp3) is 0.231. The van der Waals surface area contributed by atoms with Gasteiger partial charge in [-0.25, -0.2) is 4.98 Å². The van der Waals surface area contributed by atoms with E-state index in [-0.39, 0.29) is 12.5 Å². The number of anilines is 1. The Labute approximate surface area is 109 Å². The SMILES string of the molecule is CC(CC(=O)O)Nc1nc(-c2ccccc2)cs1. The van der Waals surface area contributed by atoms with E-state index in [1.807, 2.05) is 42.6 Å². The van der Waals surface area contributed by atoms with Crippen LogP contribution in [0.4, 0.5) is 5.13 Å². The second kappa shape index (κ2) is 5.64. The van der Waals surface area contributed by atoms with Crippen LogP contribution in [0.3, 0.4) is 0 Å². The highest BCUT2D eigenvalue weighted by atomic mass is 32.1. The first-order valence-corrected chi connectivity index (χ1v) is 6.52. The maximum absolute atomic E-state index is 10.6. The first-order valence-electron chi connectivity index (χ1n) is 5.64. The highest BCUT2D eigenvalue weighted by molar-refractivity contribution is 7.14. The zero-order valence-electron chi connectivity index (χ0n) is 9.96. The molecule has 4 nitrogen and oxygen atoms in total. The van der Waals surface area contributed by atoms with Crippen molar-refractivity contribution in [2.45, 2.75) is 19.4 Å². The first-order chi connectivity index (χ1) is 8.65. The van der Waals surface area contributed by atoms with Crippen LogP contribution in [0.15, 0.2) is 35.7 Å². The average Bonchev–Trinajstić information content (AvgIpc) is 2.77. The number of benzene rings is 1. The van der Waals surface area contributed by atoms with Crippen LogP contribution >= 0.6 is 11.3 Å². The molecule has 0 aliphatic carbocycles. The van der Waals surface area contributed by atoms with Crippen LogP contribution in [0.2, 0.25) is 0 Å². The van der Waals surface area contributed by atoms with Gasteiger partial charge in [-0.1, -0.05) is 30.3 Å². The second-order valence-corrected chi connectivity index (χ2v) is 4.91. The number of carbonyl (C=O) groups is 1. The molecule has 1 heterocycles. The normalized spacial score (nSPS) is 12.1. The van der Waals surface area contributed by atoms with E-state index in [2.05, 4.69) is 10.3 Å². The molecule has 2 rings (SSSR count). The van der Waals surface area contributed by atoms with Gasteiger partial charge in [0.15, 0.2) is 5.13 Å². The number of nitrogens with zero attached hydrogens (tertiary/aromatic N) is 1. The summed E-state index contributed by atoms with van der Waals surface area (Å²) in [6, 6.07) is 9.77. The van der Waals surface area contributed by atoms with Gasteiger partial charge < -0.3 is 10.4 Å². The van der Waals surface area contributed by atoms with Crippen LogP contribution in [-0.2, 0) is 4.79 Å². The molecule has 2 N–H and O–H groups in total. The minimum atomic E-state index is -0.810. The summed E-state index contributed by atoms with van der Waals surface area (Å²) < 4.78 is 0. The molecule has 0 radical (unpaired) electrons. The summed E-state index contributed by atoms with van der Waals surface area (Å²) in [7, 11) is 0. The van der Waals surface area contributed by atoms with Gasteiger partial charge in [0.05, 0.1) is 12.1 Å². The minimum Gasteiger partial charge on any atom is -0.481 e. The number of carboxylic acids is 1. The zero-order valence-corrected chi connectivity index (χ0v) is 10.8. The lowest BCUT2D eigenvalue weighted by molar-refractivity contribution is -0.137. The first kappa shape index (κ1) is 12.6. The summed E-state index contributed by atoms with van der Waals surface area (Å²) in [5, 5.41) is 14.5. The van der Waals surface area contributed by atoms with Crippen LogP contribution in [-0.4, -0.2) is 22.1 Å². The molecule has 0 saturated carbocycles. The van der Waals surface area contributed by atoms with Crippen molar-refractivity contribution in [3.63, 3.8) is 0 Å². The molecule has 0 bridgehead atoms. The van der Waals surface area contributed by atoms with Crippen molar-refractivity contribution in [2.75, 3.05) is 5.32 Å². The summed E-state index contributed by atoms with van der Waals surface area (Å²) in [4.78, 5) is 15.0. The molecule has 1 aromatic heterocycles. The van der Waals surface area contributed by atoms with Crippen molar-refractivity contribution < 1.29 is 9.90 Å². The second-order valence-electron chi connectivity index (χ2n) is 4.05. The molecule has 18 heavy (non-hydrogen) atoms. The molecule has 2 aromatic rings. The Morgan fingerprint density at radius 1 is 1.44 bits per heavy atom. The molecule has 94 valence electrons. The van der Waals surface area contributed by atoms with E-state index >= 15 is 0 Å². The monoisotopic (exact) mass is 262 g/mol. The molecule has 1 unspecified atom stereocenters. The van der Waals surface area contributed by atoms with Gasteiger partial charge in [0.2, 0.25) is 0 Å². The van der Waals surface area contributed by atoms with Crippen molar-refractivity contribution >= 4 is 22.4 Å². The lowest BCUT2D eigenvalue weighted by Crippen LogP contribution is -2.19. The smallest absolute Gasteiger partial charge is 0.305 e. The summed E-state index contributed by atoms with van der Waals surface area (Å²) in [5.41, 5.74) is 1.97. The predicted octanol–water partition coefficient (Wildman–Crippen LogP) is 3.09. The van der Waals surface area contributed by atoms with Crippen LogP contribution in [0, 0.1) is 0 Å². The van der Waals surface area contributed by atoms with Gasteiger partial charge in [-0.05, 0) is 6.92 Å². The van der Waals surface area contributed by atoms with Crippen LogP contribution < -0.4 is 5.32 Å². The molecular formula is C13H14N2O2S. The number of thiazole rings is 1. The number of carboxylic acid groups (broad SMARTS) is 1. The van der Waals surface area contributed by atoms with Gasteiger partial charge >= 0.3 is 5.97 Å². The number of nitrogens with one attached hydrogen (secondary N) is 1. The van der Waals surface area contributed by atoms with E-state index in [0.29, 0.717) is 0 Å². The van der Waals surface area contributed by atoms with Crippen molar-refractivity contribution in [1.29, 1.82) is 0 Å².